The van der Waals surface area contributed by atoms with Gasteiger partial charge in [-0.15, -0.1) is 0 Å². The van der Waals surface area contributed by atoms with Gasteiger partial charge >= 0.3 is 0 Å². The maximum Gasteiger partial charge on any atom is 0.258 e. The van der Waals surface area contributed by atoms with Crippen molar-refractivity contribution in [2.75, 3.05) is 5.73 Å². The summed E-state index contributed by atoms with van der Waals surface area (Å²) in [6.07, 6.45) is 0.289. The van der Waals surface area contributed by atoms with E-state index >= 15 is 0 Å². The van der Waals surface area contributed by atoms with Gasteiger partial charge < -0.3 is 10.3 Å². The van der Waals surface area contributed by atoms with E-state index in [4.69, 9.17) is 10.3 Å². The van der Waals surface area contributed by atoms with E-state index in [0.717, 1.165) is 11.1 Å². The molecule has 1 aromatic heterocycles. The highest BCUT2D eigenvalue weighted by atomic mass is 19.1. The average Bonchev–Trinajstić information content (AvgIpc) is 2.93. The molecule has 106 valence electrons. The number of hydrogen-bond acceptors (Lipinski definition) is 4. The van der Waals surface area contributed by atoms with Gasteiger partial charge in [0.1, 0.15) is 5.82 Å². The molecule has 0 aliphatic heterocycles. The highest BCUT2D eigenvalue weighted by Gasteiger charge is 2.11. The maximum atomic E-state index is 13.6. The third-order valence-electron chi connectivity index (χ3n) is 3.30. The Kier molecular flexibility index (Phi) is 3.39. The number of aryl methyl sites for hydroxylation is 1. The van der Waals surface area contributed by atoms with Crippen molar-refractivity contribution in [2.45, 2.75) is 13.3 Å². The first-order valence-electron chi connectivity index (χ1n) is 6.56. The first-order chi connectivity index (χ1) is 10.1. The average molecular weight is 283 g/mol. The van der Waals surface area contributed by atoms with Crippen molar-refractivity contribution in [3.63, 3.8) is 0 Å². The summed E-state index contributed by atoms with van der Waals surface area (Å²) < 4.78 is 18.8. The maximum absolute atomic E-state index is 13.6. The molecule has 0 saturated heterocycles. The number of nitrogens with zero attached hydrogens (tertiary/aromatic N) is 2. The fraction of sp³-hybridized carbons (Fsp3) is 0.125. The smallest absolute Gasteiger partial charge is 0.258 e. The Morgan fingerprint density at radius 1 is 1.19 bits per heavy atom. The van der Waals surface area contributed by atoms with E-state index in [-0.39, 0.29) is 12.2 Å². The van der Waals surface area contributed by atoms with Crippen molar-refractivity contribution in [2.24, 2.45) is 0 Å². The van der Waals surface area contributed by atoms with Crippen LogP contribution in [0.3, 0.4) is 0 Å². The molecule has 21 heavy (non-hydrogen) atoms. The quantitative estimate of drug-likeness (QED) is 0.748. The van der Waals surface area contributed by atoms with Crippen LogP contribution in [0.5, 0.6) is 0 Å². The van der Waals surface area contributed by atoms with Gasteiger partial charge in [0.25, 0.3) is 5.89 Å². The lowest BCUT2D eigenvalue weighted by Gasteiger charge is -2.00. The number of nitrogens with two attached hydrogens (primary N) is 1. The number of hydrogen-bond donors (Lipinski definition) is 1. The van der Waals surface area contributed by atoms with Crippen LogP contribution in [0.25, 0.3) is 11.5 Å². The molecule has 0 spiro atoms. The summed E-state index contributed by atoms with van der Waals surface area (Å²) in [6.45, 7) is 1.93. The van der Waals surface area contributed by atoms with Gasteiger partial charge in [-0.1, -0.05) is 29.4 Å². The van der Waals surface area contributed by atoms with E-state index in [1.165, 1.54) is 6.07 Å². The largest absolute Gasteiger partial charge is 0.398 e. The number of anilines is 1. The molecule has 4 nitrogen and oxygen atoms in total. The Morgan fingerprint density at radius 2 is 2.00 bits per heavy atom. The normalized spacial score (nSPS) is 10.8. The summed E-state index contributed by atoms with van der Waals surface area (Å²) in [7, 11) is 0. The molecule has 3 aromatic rings. The van der Waals surface area contributed by atoms with Crippen LogP contribution in [0.4, 0.5) is 10.1 Å². The van der Waals surface area contributed by atoms with E-state index in [9.17, 15) is 4.39 Å². The van der Waals surface area contributed by atoms with Crippen LogP contribution in [0.15, 0.2) is 47.0 Å². The minimum absolute atomic E-state index is 0.275. The van der Waals surface area contributed by atoms with Crippen LogP contribution in [0.1, 0.15) is 17.0 Å². The van der Waals surface area contributed by atoms with Crippen LogP contribution in [-0.4, -0.2) is 10.1 Å². The number of rotatable bonds is 3. The molecular weight excluding hydrogens is 269 g/mol. The Hall–Kier alpha value is -2.69. The lowest BCUT2D eigenvalue weighted by Crippen LogP contribution is -1.94. The van der Waals surface area contributed by atoms with Crippen LogP contribution < -0.4 is 5.73 Å². The van der Waals surface area contributed by atoms with E-state index in [2.05, 4.69) is 10.1 Å². The van der Waals surface area contributed by atoms with Gasteiger partial charge in [-0.25, -0.2) is 4.39 Å². The van der Waals surface area contributed by atoms with Crippen LogP contribution >= 0.6 is 0 Å². The molecule has 0 aliphatic rings. The minimum atomic E-state index is -0.275. The first-order valence-corrected chi connectivity index (χ1v) is 6.56. The van der Waals surface area contributed by atoms with Gasteiger partial charge in [0, 0.05) is 17.7 Å². The standard InChI is InChI=1S/C16H14FN3O/c1-10-6-7-12(8-14(10)18)16-19-15(20-21-16)9-11-4-2-3-5-13(11)17/h2-8H,9,18H2,1H3. The molecule has 0 unspecified atom stereocenters. The summed E-state index contributed by atoms with van der Waals surface area (Å²) in [5.41, 5.74) is 8.82. The van der Waals surface area contributed by atoms with Crippen molar-refractivity contribution < 1.29 is 8.91 Å². The summed E-state index contributed by atoms with van der Waals surface area (Å²) in [5, 5.41) is 3.89. The monoisotopic (exact) mass is 283 g/mol. The molecule has 2 aromatic carbocycles. The summed E-state index contributed by atoms with van der Waals surface area (Å²) in [4.78, 5) is 4.29. The zero-order valence-electron chi connectivity index (χ0n) is 11.5. The van der Waals surface area contributed by atoms with Crippen molar-refractivity contribution in [3.05, 3.63) is 65.2 Å². The predicted octanol–water partition coefficient (Wildman–Crippen LogP) is 3.36. The number of nitrogen functional groups attached to an aromatic ring is 1. The third-order valence-corrected chi connectivity index (χ3v) is 3.30. The summed E-state index contributed by atoms with van der Waals surface area (Å²) >= 11 is 0. The predicted molar refractivity (Wildman–Crippen MR) is 78.1 cm³/mol. The van der Waals surface area contributed by atoms with Gasteiger partial charge in [-0.05, 0) is 36.2 Å². The molecule has 2 N–H and O–H groups in total. The second kappa shape index (κ2) is 5.36. The molecule has 0 aliphatic carbocycles. The molecular formula is C16H14FN3O. The lowest BCUT2D eigenvalue weighted by atomic mass is 10.1. The zero-order chi connectivity index (χ0) is 14.8. The molecule has 0 bridgehead atoms. The fourth-order valence-corrected chi connectivity index (χ4v) is 2.03. The summed E-state index contributed by atoms with van der Waals surface area (Å²) in [6, 6.07) is 12.1. The van der Waals surface area contributed by atoms with Gasteiger partial charge in [0.05, 0.1) is 0 Å². The zero-order valence-corrected chi connectivity index (χ0v) is 11.5. The van der Waals surface area contributed by atoms with Gasteiger partial charge in [0.15, 0.2) is 5.82 Å². The van der Waals surface area contributed by atoms with Crippen LogP contribution in [-0.2, 0) is 6.42 Å². The Morgan fingerprint density at radius 3 is 2.76 bits per heavy atom. The van der Waals surface area contributed by atoms with Crippen LogP contribution in [0, 0.1) is 12.7 Å². The molecule has 1 heterocycles. The van der Waals surface area contributed by atoms with Gasteiger partial charge in [-0.2, -0.15) is 4.98 Å². The number of halogens is 1. The molecule has 0 radical (unpaired) electrons. The van der Waals surface area contributed by atoms with Crippen molar-refractivity contribution in [1.29, 1.82) is 0 Å². The number of benzene rings is 2. The summed E-state index contributed by atoms with van der Waals surface area (Å²) in [5.74, 6) is 0.547. The van der Waals surface area contributed by atoms with Gasteiger partial charge in [-0.3, -0.25) is 0 Å². The third kappa shape index (κ3) is 2.76. The van der Waals surface area contributed by atoms with Crippen molar-refractivity contribution >= 4 is 5.69 Å². The molecule has 5 heteroatoms. The first kappa shape index (κ1) is 13.3. The van der Waals surface area contributed by atoms with Crippen LogP contribution in [0.2, 0.25) is 0 Å². The van der Waals surface area contributed by atoms with E-state index in [1.54, 1.807) is 24.3 Å². The van der Waals surface area contributed by atoms with Gasteiger partial charge in [0.2, 0.25) is 0 Å². The fourth-order valence-electron chi connectivity index (χ4n) is 2.03. The minimum Gasteiger partial charge on any atom is -0.398 e. The SMILES string of the molecule is Cc1ccc(-c2nc(Cc3ccccc3F)no2)cc1N. The second-order valence-electron chi connectivity index (χ2n) is 4.86. The van der Waals surface area contributed by atoms with Crippen molar-refractivity contribution in [3.8, 4) is 11.5 Å². The lowest BCUT2D eigenvalue weighted by molar-refractivity contribution is 0.423. The highest BCUT2D eigenvalue weighted by Crippen LogP contribution is 2.22. The molecule has 0 atom stereocenters. The Bertz CT molecular complexity index is 783. The number of aromatic nitrogens is 2. The highest BCUT2D eigenvalue weighted by molar-refractivity contribution is 5.62. The molecule has 0 fully saturated rings. The van der Waals surface area contributed by atoms with Crippen molar-refractivity contribution in [1.82, 2.24) is 10.1 Å². The Balaban J connectivity index is 1.86. The molecule has 0 amide bonds. The topological polar surface area (TPSA) is 64.9 Å². The molecule has 3 rings (SSSR count). The second-order valence-corrected chi connectivity index (χ2v) is 4.86. The van der Waals surface area contributed by atoms with E-state index < -0.39 is 0 Å². The Labute approximate surface area is 121 Å². The molecule has 0 saturated carbocycles. The van der Waals surface area contributed by atoms with E-state index in [0.29, 0.717) is 23.0 Å². The van der Waals surface area contributed by atoms with E-state index in [1.807, 2.05) is 19.1 Å².